The summed E-state index contributed by atoms with van der Waals surface area (Å²) in [4.78, 5) is 0. The van der Waals surface area contributed by atoms with Gasteiger partial charge in [0.25, 0.3) is 0 Å². The van der Waals surface area contributed by atoms with Gasteiger partial charge in [-0.05, 0) is 29.6 Å². The van der Waals surface area contributed by atoms with Gasteiger partial charge in [0.1, 0.15) is 11.5 Å². The molecule has 0 amide bonds. The van der Waals surface area contributed by atoms with Gasteiger partial charge in [-0.2, -0.15) is 0 Å². The molecule has 0 saturated heterocycles. The van der Waals surface area contributed by atoms with Gasteiger partial charge in [0.05, 0.1) is 0 Å². The topological polar surface area (TPSA) is 29.5 Å². The summed E-state index contributed by atoms with van der Waals surface area (Å²) in [6.45, 7) is 11.0. The van der Waals surface area contributed by atoms with Crippen molar-refractivity contribution in [1.29, 1.82) is 0 Å². The summed E-state index contributed by atoms with van der Waals surface area (Å²) in [5, 5.41) is 12.1. The normalized spacial score (nSPS) is 12.7. The maximum atomic E-state index is 10.1. The van der Waals surface area contributed by atoms with Crippen molar-refractivity contribution in [2.75, 3.05) is 0 Å². The molecule has 0 unspecified atom stereocenters. The molecule has 19 heavy (non-hydrogen) atoms. The molecule has 0 saturated carbocycles. The largest absolute Gasteiger partial charge is 0.543 e. The van der Waals surface area contributed by atoms with Crippen molar-refractivity contribution in [3.05, 3.63) is 36.4 Å². The van der Waals surface area contributed by atoms with E-state index < -0.39 is 8.32 Å². The number of hydrogen-bond acceptors (Lipinski definition) is 2. The van der Waals surface area contributed by atoms with E-state index in [2.05, 4.69) is 33.9 Å². The summed E-state index contributed by atoms with van der Waals surface area (Å²) in [7, 11) is -1.87. The van der Waals surface area contributed by atoms with Crippen molar-refractivity contribution >= 4 is 19.1 Å². The van der Waals surface area contributed by atoms with E-state index in [0.29, 0.717) is 0 Å². The van der Waals surface area contributed by atoms with E-state index in [0.717, 1.165) is 16.5 Å². The third kappa shape index (κ3) is 2.76. The molecule has 0 aromatic heterocycles. The van der Waals surface area contributed by atoms with E-state index in [1.54, 1.807) is 6.07 Å². The van der Waals surface area contributed by atoms with Crippen LogP contribution >= 0.6 is 0 Å². The first-order valence-corrected chi connectivity index (χ1v) is 9.52. The Kier molecular flexibility index (Phi) is 3.35. The van der Waals surface area contributed by atoms with Crippen LogP contribution in [-0.2, 0) is 0 Å². The van der Waals surface area contributed by atoms with Crippen LogP contribution in [0.15, 0.2) is 36.4 Å². The first-order chi connectivity index (χ1) is 8.71. The molecule has 0 aliphatic rings. The van der Waals surface area contributed by atoms with Gasteiger partial charge in [-0.15, -0.1) is 0 Å². The fourth-order valence-corrected chi connectivity index (χ4v) is 2.78. The molecule has 0 bridgehead atoms. The predicted octanol–water partition coefficient (Wildman–Crippen LogP) is 4.93. The molecule has 2 nitrogen and oxygen atoms in total. The standard InChI is InChI=1S/C16H22O2Si/c1-16(2,3)19(4,5)18-13-10-12-8-6-7-9-14(12)15(17)11-13/h6-11,17H,1-5H3. The van der Waals surface area contributed by atoms with E-state index in [4.69, 9.17) is 4.43 Å². The third-order valence-electron chi connectivity index (χ3n) is 3.99. The number of phenols is 1. The lowest BCUT2D eigenvalue weighted by Gasteiger charge is -2.36. The van der Waals surface area contributed by atoms with Crippen molar-refractivity contribution < 1.29 is 9.53 Å². The lowest BCUT2D eigenvalue weighted by Crippen LogP contribution is -2.43. The minimum atomic E-state index is -1.87. The Balaban J connectivity index is 2.42. The highest BCUT2D eigenvalue weighted by molar-refractivity contribution is 6.74. The van der Waals surface area contributed by atoms with Crippen LogP contribution in [0.3, 0.4) is 0 Å². The second kappa shape index (κ2) is 4.56. The first-order valence-electron chi connectivity index (χ1n) is 6.61. The molecule has 0 fully saturated rings. The van der Waals surface area contributed by atoms with Gasteiger partial charge in [0.2, 0.25) is 8.32 Å². The van der Waals surface area contributed by atoms with E-state index in [-0.39, 0.29) is 10.8 Å². The van der Waals surface area contributed by atoms with Crippen LogP contribution in [-0.4, -0.2) is 13.4 Å². The highest BCUT2D eigenvalue weighted by atomic mass is 28.4. The fraction of sp³-hybridized carbons (Fsp3) is 0.375. The Morgan fingerprint density at radius 2 is 1.68 bits per heavy atom. The van der Waals surface area contributed by atoms with E-state index in [1.165, 1.54) is 0 Å². The maximum absolute atomic E-state index is 10.1. The molecule has 0 radical (unpaired) electrons. The fourth-order valence-electron chi connectivity index (χ4n) is 1.77. The van der Waals surface area contributed by atoms with Crippen molar-refractivity contribution in [2.45, 2.75) is 38.9 Å². The second-order valence-corrected chi connectivity index (χ2v) is 11.3. The summed E-state index contributed by atoms with van der Waals surface area (Å²) in [5.74, 6) is 1.05. The van der Waals surface area contributed by atoms with E-state index >= 15 is 0 Å². The van der Waals surface area contributed by atoms with Crippen LogP contribution < -0.4 is 4.43 Å². The van der Waals surface area contributed by atoms with Gasteiger partial charge < -0.3 is 9.53 Å². The van der Waals surface area contributed by atoms with E-state index in [1.807, 2.05) is 30.3 Å². The van der Waals surface area contributed by atoms with Gasteiger partial charge in [0, 0.05) is 11.5 Å². The monoisotopic (exact) mass is 274 g/mol. The van der Waals surface area contributed by atoms with Crippen LogP contribution in [0.4, 0.5) is 0 Å². The minimum absolute atomic E-state index is 0.147. The summed E-state index contributed by atoms with van der Waals surface area (Å²) < 4.78 is 6.23. The zero-order valence-electron chi connectivity index (χ0n) is 12.3. The van der Waals surface area contributed by atoms with Gasteiger partial charge >= 0.3 is 0 Å². The third-order valence-corrected chi connectivity index (χ3v) is 8.35. The van der Waals surface area contributed by atoms with Crippen LogP contribution in [0.2, 0.25) is 18.1 Å². The quantitative estimate of drug-likeness (QED) is 0.787. The van der Waals surface area contributed by atoms with Gasteiger partial charge in [0.15, 0.2) is 0 Å². The Hall–Kier alpha value is -1.48. The van der Waals surface area contributed by atoms with Gasteiger partial charge in [-0.1, -0.05) is 45.0 Å². The zero-order valence-corrected chi connectivity index (χ0v) is 13.3. The van der Waals surface area contributed by atoms with Gasteiger partial charge in [-0.25, -0.2) is 0 Å². The average molecular weight is 274 g/mol. The SMILES string of the molecule is CC(C)(C)[Si](C)(C)Oc1cc(O)c2ccccc2c1. The number of aromatic hydroxyl groups is 1. The van der Waals surface area contributed by atoms with Crippen molar-refractivity contribution in [3.8, 4) is 11.5 Å². The molecule has 102 valence electrons. The Morgan fingerprint density at radius 3 is 2.32 bits per heavy atom. The molecule has 1 N–H and O–H groups in total. The lowest BCUT2D eigenvalue weighted by atomic mass is 10.1. The van der Waals surface area contributed by atoms with E-state index in [9.17, 15) is 5.11 Å². The molecular weight excluding hydrogens is 252 g/mol. The highest BCUT2D eigenvalue weighted by Gasteiger charge is 2.39. The molecular formula is C16H22O2Si. The van der Waals surface area contributed by atoms with Crippen LogP contribution in [0.5, 0.6) is 11.5 Å². The Labute approximate surface area is 116 Å². The summed E-state index contributed by atoms with van der Waals surface area (Å²) in [6.07, 6.45) is 0. The van der Waals surface area contributed by atoms with Crippen molar-refractivity contribution in [2.24, 2.45) is 0 Å². The minimum Gasteiger partial charge on any atom is -0.543 e. The first kappa shape index (κ1) is 13.9. The predicted molar refractivity (Wildman–Crippen MR) is 83.4 cm³/mol. The Morgan fingerprint density at radius 1 is 1.05 bits per heavy atom. The molecule has 0 aliphatic carbocycles. The molecule has 2 aromatic carbocycles. The molecule has 0 aliphatic heterocycles. The maximum Gasteiger partial charge on any atom is 0.250 e. The molecule has 0 heterocycles. The highest BCUT2D eigenvalue weighted by Crippen LogP contribution is 2.39. The second-order valence-electron chi connectivity index (χ2n) is 6.53. The zero-order chi connectivity index (χ0) is 14.3. The molecule has 2 rings (SSSR count). The molecule has 0 spiro atoms. The van der Waals surface area contributed by atoms with Crippen molar-refractivity contribution in [3.63, 3.8) is 0 Å². The number of benzene rings is 2. The van der Waals surface area contributed by atoms with Gasteiger partial charge in [-0.3, -0.25) is 0 Å². The molecule has 3 heteroatoms. The van der Waals surface area contributed by atoms with Crippen LogP contribution in [0.1, 0.15) is 20.8 Å². The lowest BCUT2D eigenvalue weighted by molar-refractivity contribution is 0.466. The number of phenolic OH excluding ortho intramolecular Hbond substituents is 1. The van der Waals surface area contributed by atoms with Crippen LogP contribution in [0.25, 0.3) is 10.8 Å². The summed E-state index contributed by atoms with van der Waals surface area (Å²) in [5.41, 5.74) is 0. The number of rotatable bonds is 2. The number of fused-ring (bicyclic) bond motifs is 1. The average Bonchev–Trinajstić information content (AvgIpc) is 2.27. The van der Waals surface area contributed by atoms with Crippen LogP contribution in [0, 0.1) is 0 Å². The number of hydrogen-bond donors (Lipinski definition) is 1. The summed E-state index contributed by atoms with van der Waals surface area (Å²) >= 11 is 0. The Bertz CT molecular complexity index is 597. The van der Waals surface area contributed by atoms with Crippen molar-refractivity contribution in [1.82, 2.24) is 0 Å². The smallest absolute Gasteiger partial charge is 0.250 e. The molecule has 2 aromatic rings. The molecule has 0 atom stereocenters. The summed E-state index contributed by atoms with van der Waals surface area (Å²) in [6, 6.07) is 11.5.